The number of esters is 1. The van der Waals surface area contributed by atoms with Crippen molar-refractivity contribution in [2.75, 3.05) is 7.11 Å². The minimum atomic E-state index is -1.86. The first-order valence-corrected chi connectivity index (χ1v) is 13.6. The Labute approximate surface area is 223 Å². The summed E-state index contributed by atoms with van der Waals surface area (Å²) in [5.74, 6) is -2.45. The van der Waals surface area contributed by atoms with Crippen LogP contribution in [0.25, 0.3) is 0 Å². The summed E-state index contributed by atoms with van der Waals surface area (Å²) in [4.78, 5) is 25.2. The quantitative estimate of drug-likeness (QED) is 0.228. The second kappa shape index (κ2) is 9.06. The van der Waals surface area contributed by atoms with Gasteiger partial charge in [-0.3, -0.25) is 4.79 Å². The highest BCUT2D eigenvalue weighted by Gasteiger charge is 2.71. The molecule has 0 bridgehead atoms. The molecular formula is C28H44O10. The fourth-order valence-electron chi connectivity index (χ4n) is 8.56. The number of hydrogen-bond acceptors (Lipinski definition) is 10. The van der Waals surface area contributed by atoms with E-state index in [0.717, 1.165) is 7.11 Å². The molecule has 4 rings (SSSR count). The molecule has 38 heavy (non-hydrogen) atoms. The van der Waals surface area contributed by atoms with Gasteiger partial charge in [0.05, 0.1) is 36.6 Å². The first-order chi connectivity index (χ1) is 17.3. The molecule has 11 unspecified atom stereocenters. The van der Waals surface area contributed by atoms with E-state index in [0.29, 0.717) is 24.8 Å². The summed E-state index contributed by atoms with van der Waals surface area (Å²) >= 11 is 0. The zero-order valence-corrected chi connectivity index (χ0v) is 23.0. The summed E-state index contributed by atoms with van der Waals surface area (Å²) in [5, 5.41) is 77.5. The number of rotatable bonds is 6. The summed E-state index contributed by atoms with van der Waals surface area (Å²) in [6.07, 6.45) is -1.36. The van der Waals surface area contributed by atoms with Gasteiger partial charge in [-0.05, 0) is 82.3 Å². The molecule has 4 aliphatic carbocycles. The topological polar surface area (TPSA) is 185 Å². The van der Waals surface area contributed by atoms with Gasteiger partial charge in [0.2, 0.25) is 0 Å². The van der Waals surface area contributed by atoms with Crippen molar-refractivity contribution in [2.45, 2.75) is 120 Å². The second-order valence-corrected chi connectivity index (χ2v) is 13.3. The van der Waals surface area contributed by atoms with Crippen LogP contribution in [0.5, 0.6) is 0 Å². The maximum atomic E-state index is 13.4. The van der Waals surface area contributed by atoms with Crippen LogP contribution in [0, 0.1) is 22.7 Å². The first-order valence-electron chi connectivity index (χ1n) is 13.6. The van der Waals surface area contributed by atoms with Crippen LogP contribution in [0.4, 0.5) is 0 Å². The molecule has 0 amide bonds. The third-order valence-corrected chi connectivity index (χ3v) is 11.2. The smallest absolute Gasteiger partial charge is 0.337 e. The van der Waals surface area contributed by atoms with E-state index in [-0.39, 0.29) is 32.1 Å². The molecule has 0 aromatic heterocycles. The van der Waals surface area contributed by atoms with Crippen molar-refractivity contribution in [1.29, 1.82) is 0 Å². The average molecular weight is 541 g/mol. The standard InChI is InChI=1S/C28H44O10/c1-23-9-6-15-16(12-21(32)28(37)14-18(30)17(29)13-24(15,28)2)27(23,36)11-7-19(23)26(4,35)20(31)8-10-25(3,34)22(33)38-5/h12,15,17-20,29-31,34-37H,6-11,13-14H2,1-5H3. The fourth-order valence-corrected chi connectivity index (χ4v) is 8.56. The Balaban J connectivity index is 1.64. The Morgan fingerprint density at radius 1 is 1.05 bits per heavy atom. The van der Waals surface area contributed by atoms with Crippen LogP contribution in [0.15, 0.2) is 11.6 Å². The van der Waals surface area contributed by atoms with E-state index in [4.69, 9.17) is 0 Å². The Bertz CT molecular complexity index is 1020. The predicted molar refractivity (Wildman–Crippen MR) is 134 cm³/mol. The molecule has 0 aliphatic heterocycles. The lowest BCUT2D eigenvalue weighted by atomic mass is 9.44. The largest absolute Gasteiger partial charge is 0.467 e. The summed E-state index contributed by atoms with van der Waals surface area (Å²) in [5.41, 5.74) is -8.42. The Hall–Kier alpha value is -1.40. The number of methoxy groups -OCH3 is 1. The Morgan fingerprint density at radius 3 is 2.26 bits per heavy atom. The van der Waals surface area contributed by atoms with E-state index in [2.05, 4.69) is 4.74 Å². The van der Waals surface area contributed by atoms with Gasteiger partial charge in [0.15, 0.2) is 11.4 Å². The van der Waals surface area contributed by atoms with Gasteiger partial charge in [-0.2, -0.15) is 0 Å². The Kier molecular flexibility index (Phi) is 7.05. The van der Waals surface area contributed by atoms with Crippen molar-refractivity contribution < 1.29 is 50.1 Å². The lowest BCUT2D eigenvalue weighted by Crippen LogP contribution is -2.69. The molecule has 0 aromatic rings. The van der Waals surface area contributed by atoms with Crippen LogP contribution in [-0.4, -0.2) is 95.3 Å². The van der Waals surface area contributed by atoms with Crippen LogP contribution in [0.2, 0.25) is 0 Å². The number of aliphatic hydroxyl groups excluding tert-OH is 3. The minimum Gasteiger partial charge on any atom is -0.467 e. The summed E-state index contributed by atoms with van der Waals surface area (Å²) in [6.45, 7) is 6.37. The highest BCUT2D eigenvalue weighted by molar-refractivity contribution is 6.00. The van der Waals surface area contributed by atoms with Crippen molar-refractivity contribution >= 4 is 11.8 Å². The number of carbonyl (C=O) groups is 2. The van der Waals surface area contributed by atoms with Crippen LogP contribution in [0.1, 0.15) is 79.1 Å². The van der Waals surface area contributed by atoms with E-state index >= 15 is 0 Å². The van der Waals surface area contributed by atoms with Crippen molar-refractivity contribution in [3.63, 3.8) is 0 Å². The second-order valence-electron chi connectivity index (χ2n) is 13.3. The molecule has 3 fully saturated rings. The highest BCUT2D eigenvalue weighted by atomic mass is 16.5. The minimum absolute atomic E-state index is 0.00515. The molecule has 0 aromatic carbocycles. The third-order valence-electron chi connectivity index (χ3n) is 11.2. The lowest BCUT2D eigenvalue weighted by molar-refractivity contribution is -0.211. The molecule has 0 radical (unpaired) electrons. The molecule has 216 valence electrons. The molecule has 0 spiro atoms. The predicted octanol–water partition coefficient (Wildman–Crippen LogP) is 0.122. The van der Waals surface area contributed by atoms with Gasteiger partial charge in [-0.1, -0.05) is 13.8 Å². The molecule has 0 heterocycles. The number of fused-ring (bicyclic) bond motifs is 5. The van der Waals surface area contributed by atoms with E-state index in [1.807, 2.05) is 6.92 Å². The van der Waals surface area contributed by atoms with Crippen LogP contribution < -0.4 is 0 Å². The molecule has 4 aliphatic rings. The van der Waals surface area contributed by atoms with Gasteiger partial charge in [0, 0.05) is 17.3 Å². The molecule has 10 heteroatoms. The van der Waals surface area contributed by atoms with Gasteiger partial charge >= 0.3 is 5.97 Å². The molecule has 10 nitrogen and oxygen atoms in total. The van der Waals surface area contributed by atoms with E-state index < -0.39 is 75.1 Å². The summed E-state index contributed by atoms with van der Waals surface area (Å²) in [6, 6.07) is 0. The number of carbonyl (C=O) groups excluding carboxylic acids is 2. The molecule has 3 saturated carbocycles. The third kappa shape index (κ3) is 3.86. The van der Waals surface area contributed by atoms with Crippen molar-refractivity contribution in [2.24, 2.45) is 22.7 Å². The van der Waals surface area contributed by atoms with Crippen molar-refractivity contribution in [1.82, 2.24) is 0 Å². The molecular weight excluding hydrogens is 496 g/mol. The molecule has 11 atom stereocenters. The monoisotopic (exact) mass is 540 g/mol. The van der Waals surface area contributed by atoms with Crippen LogP contribution in [0.3, 0.4) is 0 Å². The Morgan fingerprint density at radius 2 is 1.66 bits per heavy atom. The lowest BCUT2D eigenvalue weighted by Gasteiger charge is -2.62. The maximum Gasteiger partial charge on any atom is 0.337 e. The molecule has 7 N–H and O–H groups in total. The molecule has 0 saturated heterocycles. The van der Waals surface area contributed by atoms with Crippen LogP contribution >= 0.6 is 0 Å². The van der Waals surface area contributed by atoms with Gasteiger partial charge < -0.3 is 40.5 Å². The normalized spacial score (nSPS) is 46.5. The fraction of sp³-hybridized carbons (Fsp3) is 0.857. The first kappa shape index (κ1) is 29.6. The highest BCUT2D eigenvalue weighted by Crippen LogP contribution is 2.69. The van der Waals surface area contributed by atoms with E-state index in [1.165, 1.54) is 19.9 Å². The van der Waals surface area contributed by atoms with Gasteiger partial charge in [-0.25, -0.2) is 4.79 Å². The number of ketones is 1. The van der Waals surface area contributed by atoms with Crippen LogP contribution in [-0.2, 0) is 14.3 Å². The number of hydrogen-bond donors (Lipinski definition) is 7. The SMILES string of the molecule is COC(=O)C(C)(O)CCC(O)C(C)(O)C1CCC2(O)C3=CC(=O)C4(O)CC(O)C(O)CC4(C)C3CCC12C. The van der Waals surface area contributed by atoms with Gasteiger partial charge in [0.1, 0.15) is 5.60 Å². The summed E-state index contributed by atoms with van der Waals surface area (Å²) < 4.78 is 4.61. The average Bonchev–Trinajstić information content (AvgIpc) is 3.12. The number of aliphatic hydroxyl groups is 7. The van der Waals surface area contributed by atoms with Crippen molar-refractivity contribution in [3.05, 3.63) is 11.6 Å². The van der Waals surface area contributed by atoms with Gasteiger partial charge in [0.25, 0.3) is 0 Å². The zero-order chi connectivity index (χ0) is 28.7. The maximum absolute atomic E-state index is 13.4. The summed E-state index contributed by atoms with van der Waals surface area (Å²) in [7, 11) is 1.15. The van der Waals surface area contributed by atoms with Crippen molar-refractivity contribution in [3.8, 4) is 0 Å². The number of ether oxygens (including phenoxy) is 1. The van der Waals surface area contributed by atoms with E-state index in [1.54, 1.807) is 6.92 Å². The van der Waals surface area contributed by atoms with E-state index in [9.17, 15) is 45.3 Å². The van der Waals surface area contributed by atoms with Gasteiger partial charge in [-0.15, -0.1) is 0 Å². The zero-order valence-electron chi connectivity index (χ0n) is 23.0.